The van der Waals surface area contributed by atoms with E-state index in [1.54, 1.807) is 7.11 Å². The van der Waals surface area contributed by atoms with Crippen LogP contribution >= 0.6 is 0 Å². The van der Waals surface area contributed by atoms with E-state index in [0.717, 1.165) is 54.1 Å². The number of nitrogens with one attached hydrogen (secondary N) is 1. The SMILES string of the molecule is COc1ccccc1COCCCOc1ccc(C2CCNCC2OCc2ccc(C)c(OCCC(=O)O)c2)cc1. The predicted octanol–water partition coefficient (Wildman–Crippen LogP) is 5.51. The van der Waals surface area contributed by atoms with Crippen LogP contribution in [0.4, 0.5) is 0 Å². The van der Waals surface area contributed by atoms with Crippen molar-refractivity contribution in [3.8, 4) is 17.2 Å². The average Bonchev–Trinajstić information content (AvgIpc) is 2.99. The number of aryl methyl sites for hydroxylation is 1. The number of benzene rings is 3. The predicted molar refractivity (Wildman–Crippen MR) is 157 cm³/mol. The van der Waals surface area contributed by atoms with Crippen molar-refractivity contribution >= 4 is 5.97 Å². The van der Waals surface area contributed by atoms with Crippen molar-refractivity contribution in [1.29, 1.82) is 0 Å². The minimum absolute atomic E-state index is 0.0292. The summed E-state index contributed by atoms with van der Waals surface area (Å²) in [5.41, 5.74) is 4.25. The van der Waals surface area contributed by atoms with E-state index >= 15 is 0 Å². The highest BCUT2D eigenvalue weighted by Crippen LogP contribution is 2.30. The third-order valence-electron chi connectivity index (χ3n) is 7.18. The van der Waals surface area contributed by atoms with Crippen LogP contribution in [0.1, 0.15) is 47.4 Å². The summed E-state index contributed by atoms with van der Waals surface area (Å²) >= 11 is 0. The molecule has 2 unspecified atom stereocenters. The quantitative estimate of drug-likeness (QED) is 0.221. The molecule has 0 spiro atoms. The van der Waals surface area contributed by atoms with Crippen LogP contribution < -0.4 is 19.5 Å². The van der Waals surface area contributed by atoms with E-state index in [1.807, 2.05) is 61.5 Å². The van der Waals surface area contributed by atoms with Crippen LogP contribution in [0.15, 0.2) is 66.7 Å². The highest BCUT2D eigenvalue weighted by molar-refractivity contribution is 5.66. The molecule has 0 saturated carbocycles. The summed E-state index contributed by atoms with van der Waals surface area (Å²) in [7, 11) is 1.67. The largest absolute Gasteiger partial charge is 0.496 e. The van der Waals surface area contributed by atoms with Gasteiger partial charge in [0.2, 0.25) is 0 Å². The summed E-state index contributed by atoms with van der Waals surface area (Å²) in [6.07, 6.45) is 1.80. The first-order chi connectivity index (χ1) is 20.0. The highest BCUT2D eigenvalue weighted by Gasteiger charge is 2.27. The first-order valence-electron chi connectivity index (χ1n) is 14.2. The first kappa shape index (κ1) is 30.4. The van der Waals surface area contributed by atoms with Gasteiger partial charge in [-0.25, -0.2) is 0 Å². The molecule has 0 amide bonds. The molecule has 0 radical (unpaired) electrons. The van der Waals surface area contributed by atoms with Crippen molar-refractivity contribution in [3.05, 3.63) is 89.0 Å². The van der Waals surface area contributed by atoms with Crippen molar-refractivity contribution < 1.29 is 33.6 Å². The lowest BCUT2D eigenvalue weighted by atomic mass is 9.87. The van der Waals surface area contributed by atoms with Gasteiger partial charge in [-0.05, 0) is 60.8 Å². The van der Waals surface area contributed by atoms with Gasteiger partial charge < -0.3 is 34.1 Å². The Morgan fingerprint density at radius 1 is 0.951 bits per heavy atom. The highest BCUT2D eigenvalue weighted by atomic mass is 16.5. The van der Waals surface area contributed by atoms with Crippen molar-refractivity contribution in [1.82, 2.24) is 5.32 Å². The minimum atomic E-state index is -0.872. The summed E-state index contributed by atoms with van der Waals surface area (Å²) in [6.45, 7) is 6.00. The summed E-state index contributed by atoms with van der Waals surface area (Å²) in [5.74, 6) is 1.80. The summed E-state index contributed by atoms with van der Waals surface area (Å²) in [4.78, 5) is 10.8. The van der Waals surface area contributed by atoms with E-state index in [4.69, 9.17) is 28.8 Å². The molecule has 8 nitrogen and oxygen atoms in total. The van der Waals surface area contributed by atoms with Gasteiger partial charge in [0.25, 0.3) is 0 Å². The van der Waals surface area contributed by atoms with Gasteiger partial charge in [-0.1, -0.05) is 42.5 Å². The Labute approximate surface area is 242 Å². The van der Waals surface area contributed by atoms with Crippen LogP contribution in [-0.4, -0.2) is 57.2 Å². The van der Waals surface area contributed by atoms with Crippen molar-refractivity contribution in [2.24, 2.45) is 0 Å². The minimum Gasteiger partial charge on any atom is -0.496 e. The summed E-state index contributed by atoms with van der Waals surface area (Å²) < 4.78 is 29.2. The van der Waals surface area contributed by atoms with Gasteiger partial charge in [0, 0.05) is 24.4 Å². The number of para-hydroxylation sites is 1. The Morgan fingerprint density at radius 2 is 1.78 bits per heavy atom. The molecule has 4 rings (SSSR count). The van der Waals surface area contributed by atoms with Gasteiger partial charge >= 0.3 is 5.97 Å². The van der Waals surface area contributed by atoms with Crippen LogP contribution in [0.25, 0.3) is 0 Å². The Hall–Kier alpha value is -3.59. The zero-order chi connectivity index (χ0) is 28.9. The molecule has 1 saturated heterocycles. The van der Waals surface area contributed by atoms with Gasteiger partial charge in [0.05, 0.1) is 52.7 Å². The number of carboxylic acid groups (broad SMARTS) is 1. The maximum atomic E-state index is 10.8. The lowest BCUT2D eigenvalue weighted by Crippen LogP contribution is -2.40. The molecular weight excluding hydrogens is 522 g/mol. The van der Waals surface area contributed by atoms with Crippen LogP contribution in [0.3, 0.4) is 0 Å². The first-order valence-corrected chi connectivity index (χ1v) is 14.2. The molecule has 2 N–H and O–H groups in total. The van der Waals surface area contributed by atoms with Gasteiger partial charge in [0.15, 0.2) is 0 Å². The summed E-state index contributed by atoms with van der Waals surface area (Å²) in [6, 6.07) is 22.2. The molecule has 1 fully saturated rings. The Morgan fingerprint density at radius 3 is 2.59 bits per heavy atom. The molecule has 1 aliphatic heterocycles. The van der Waals surface area contributed by atoms with E-state index in [-0.39, 0.29) is 25.0 Å². The number of hydrogen-bond acceptors (Lipinski definition) is 7. The van der Waals surface area contributed by atoms with Crippen LogP contribution in [0.2, 0.25) is 0 Å². The maximum absolute atomic E-state index is 10.8. The average molecular weight is 564 g/mol. The second-order valence-corrected chi connectivity index (χ2v) is 10.2. The third kappa shape index (κ3) is 9.49. The molecule has 2 atom stereocenters. The van der Waals surface area contributed by atoms with E-state index in [9.17, 15) is 4.79 Å². The number of carboxylic acids is 1. The molecule has 3 aromatic rings. The number of rotatable bonds is 16. The molecule has 3 aromatic carbocycles. The molecule has 220 valence electrons. The number of carbonyl (C=O) groups is 1. The number of hydrogen-bond donors (Lipinski definition) is 2. The van der Waals surface area contributed by atoms with E-state index < -0.39 is 5.97 Å². The number of ether oxygens (including phenoxy) is 5. The maximum Gasteiger partial charge on any atom is 0.306 e. The smallest absolute Gasteiger partial charge is 0.306 e. The van der Waals surface area contributed by atoms with E-state index in [2.05, 4.69) is 17.4 Å². The van der Waals surface area contributed by atoms with Crippen LogP contribution in [-0.2, 0) is 27.5 Å². The molecule has 41 heavy (non-hydrogen) atoms. The second-order valence-electron chi connectivity index (χ2n) is 10.2. The molecule has 1 heterocycles. The topological polar surface area (TPSA) is 95.5 Å². The van der Waals surface area contributed by atoms with E-state index in [0.29, 0.717) is 32.2 Å². The van der Waals surface area contributed by atoms with Gasteiger partial charge in [-0.3, -0.25) is 4.79 Å². The fraction of sp³-hybridized carbons (Fsp3) is 0.424. The normalized spacial score (nSPS) is 16.7. The Bertz CT molecular complexity index is 1230. The zero-order valence-electron chi connectivity index (χ0n) is 24.0. The molecule has 0 aromatic heterocycles. The molecule has 0 aliphatic carbocycles. The molecule has 0 bridgehead atoms. The van der Waals surface area contributed by atoms with Crippen molar-refractivity contribution in [3.63, 3.8) is 0 Å². The Balaban J connectivity index is 1.22. The standard InChI is InChI=1S/C33H41NO7/c1-24-8-9-25(20-31(24)40-19-15-33(35)36)22-41-32-21-34-16-14-29(32)26-10-12-28(13-11-26)39-18-5-17-38-23-27-6-3-4-7-30(27)37-2/h3-4,6-13,20,29,32,34H,5,14-19,21-23H2,1-2H3,(H,35,36). The van der Waals surface area contributed by atoms with Crippen LogP contribution in [0, 0.1) is 6.92 Å². The van der Waals surface area contributed by atoms with Gasteiger partial charge in [-0.15, -0.1) is 0 Å². The lowest BCUT2D eigenvalue weighted by Gasteiger charge is -2.32. The van der Waals surface area contributed by atoms with Crippen molar-refractivity contribution in [2.45, 2.75) is 51.4 Å². The molecule has 1 aliphatic rings. The number of piperidine rings is 1. The molecule has 8 heteroatoms. The van der Waals surface area contributed by atoms with Gasteiger partial charge in [0.1, 0.15) is 17.2 Å². The number of methoxy groups -OCH3 is 1. The van der Waals surface area contributed by atoms with Gasteiger partial charge in [-0.2, -0.15) is 0 Å². The summed E-state index contributed by atoms with van der Waals surface area (Å²) in [5, 5.41) is 12.3. The lowest BCUT2D eigenvalue weighted by molar-refractivity contribution is -0.137. The third-order valence-corrected chi connectivity index (χ3v) is 7.18. The monoisotopic (exact) mass is 563 g/mol. The fourth-order valence-electron chi connectivity index (χ4n) is 4.89. The number of aliphatic carboxylic acids is 1. The molecular formula is C33H41NO7. The second kappa shape index (κ2) is 16.0. The fourth-order valence-corrected chi connectivity index (χ4v) is 4.89. The van der Waals surface area contributed by atoms with Crippen molar-refractivity contribution in [2.75, 3.05) is 40.0 Å². The van der Waals surface area contributed by atoms with Crippen LogP contribution in [0.5, 0.6) is 17.2 Å². The van der Waals surface area contributed by atoms with E-state index in [1.165, 1.54) is 5.56 Å². The Kier molecular flexibility index (Phi) is 11.9. The zero-order valence-corrected chi connectivity index (χ0v) is 24.0.